The van der Waals surface area contributed by atoms with E-state index < -0.39 is 68.3 Å². The first-order valence-corrected chi connectivity index (χ1v) is 20.0. The summed E-state index contributed by atoms with van der Waals surface area (Å²) >= 11 is 0. The molecule has 0 saturated carbocycles. The van der Waals surface area contributed by atoms with Gasteiger partial charge in [-0.05, 0) is 46.8 Å². The number of carbonyl (C=O) groups excluding carboxylic acids is 2. The minimum atomic E-state index is -3.44. The van der Waals surface area contributed by atoms with E-state index in [0.717, 1.165) is 16.8 Å². The first-order valence-electron chi connectivity index (χ1n) is 15.8. The number of hydrogen-bond acceptors (Lipinski definition) is 11. The van der Waals surface area contributed by atoms with Crippen LogP contribution in [-0.2, 0) is 32.7 Å². The number of para-hydroxylation sites is 1. The number of esters is 1. The Morgan fingerprint density at radius 2 is 1.63 bits per heavy atom. The lowest BCUT2D eigenvalue weighted by molar-refractivity contribution is -0.149. The van der Waals surface area contributed by atoms with Gasteiger partial charge in [-0.2, -0.15) is 0 Å². The van der Waals surface area contributed by atoms with Gasteiger partial charge in [0, 0.05) is 37.6 Å². The van der Waals surface area contributed by atoms with Gasteiger partial charge in [-0.3, -0.25) is 38.2 Å². The molecule has 1 aliphatic heterocycles. The van der Waals surface area contributed by atoms with Crippen LogP contribution in [0.25, 0.3) is 0 Å². The Labute approximate surface area is 286 Å². The number of ether oxygens (including phenoxy) is 2. The van der Waals surface area contributed by atoms with Crippen molar-refractivity contribution < 1.29 is 41.6 Å². The van der Waals surface area contributed by atoms with E-state index in [9.17, 15) is 28.3 Å². The van der Waals surface area contributed by atoms with Crippen molar-refractivity contribution in [1.82, 2.24) is 25.0 Å². The lowest BCUT2D eigenvalue weighted by Crippen LogP contribution is -2.44. The first-order chi connectivity index (χ1) is 22.5. The fraction of sp³-hybridized carbons (Fsp3) is 0.613. The molecular formula is C31H50FN5O10P2. The standard InChI is InChI=1S/C18H29FN3O7P.C13H21N2O3P/c1-10(2)28-15(24)12(4)21-30(6,26)27-9-13-11(3)18(5,19)16(29-13)22-8-7-14(23)20-17(22)25;1-10(2)14-11(3)13(16)15-19(4,17)18-12-8-6-5-7-9-12/h7-8,10-13,16H,9H2,1-6H3,(H,21,26)(H,20,23,25);5-11,14H,1-4H3,(H,15,16,17)/t11-,12+,13-,16-,18-,30+;11?,19-/m10/s1. The first kappa shape index (κ1) is 42.0. The highest BCUT2D eigenvalue weighted by molar-refractivity contribution is 7.57. The third kappa shape index (κ3) is 13.3. The van der Waals surface area contributed by atoms with Crippen LogP contribution >= 0.6 is 15.0 Å². The number of halogens is 1. The van der Waals surface area contributed by atoms with E-state index in [0.29, 0.717) is 5.75 Å². The number of rotatable bonds is 14. The van der Waals surface area contributed by atoms with Crippen molar-refractivity contribution in [3.63, 3.8) is 0 Å². The van der Waals surface area contributed by atoms with Gasteiger partial charge in [-0.1, -0.05) is 39.0 Å². The molecule has 1 unspecified atom stereocenters. The third-order valence-electron chi connectivity index (χ3n) is 7.27. The summed E-state index contributed by atoms with van der Waals surface area (Å²) in [7, 11) is -6.65. The van der Waals surface area contributed by atoms with Gasteiger partial charge in [0.25, 0.3) is 13.1 Å². The number of carbonyl (C=O) groups is 2. The lowest BCUT2D eigenvalue weighted by atomic mass is 9.90. The SMILES string of the molecule is CC(C)NC(C)C(=O)N[P@@](C)(=O)Oc1ccccc1.CC(C)OC(=O)[C@H](C)N[P@@](C)(=O)OC[C@H]1O[C@@H](n2ccc(=O)[nH]c2=O)[C@](C)(F)[C@@H]1C. The maximum Gasteiger partial charge on any atom is 0.340 e. The summed E-state index contributed by atoms with van der Waals surface area (Å²) < 4.78 is 62.7. The molecule has 0 spiro atoms. The summed E-state index contributed by atoms with van der Waals surface area (Å²) in [4.78, 5) is 49.1. The molecule has 3 rings (SSSR count). The van der Waals surface area contributed by atoms with E-state index in [4.69, 9.17) is 18.5 Å². The normalized spacial score (nSPS) is 24.1. The molecule has 0 radical (unpaired) electrons. The molecule has 1 fully saturated rings. The Bertz CT molecular complexity index is 1620. The number of aromatic amines is 1. The van der Waals surface area contributed by atoms with Gasteiger partial charge < -0.3 is 23.8 Å². The van der Waals surface area contributed by atoms with Crippen molar-refractivity contribution >= 4 is 26.9 Å². The highest BCUT2D eigenvalue weighted by atomic mass is 31.2. The fourth-order valence-corrected chi connectivity index (χ4v) is 7.19. The van der Waals surface area contributed by atoms with Crippen LogP contribution in [0.4, 0.5) is 4.39 Å². The summed E-state index contributed by atoms with van der Waals surface area (Å²) in [6, 6.07) is 8.75. The predicted octanol–water partition coefficient (Wildman–Crippen LogP) is 3.96. The van der Waals surface area contributed by atoms with Gasteiger partial charge in [0.2, 0.25) is 5.91 Å². The molecule has 2 heterocycles. The fourth-order valence-electron chi connectivity index (χ4n) is 4.71. The van der Waals surface area contributed by atoms with Crippen LogP contribution in [0.2, 0.25) is 0 Å². The average molecular weight is 734 g/mol. The molecule has 1 aliphatic rings. The van der Waals surface area contributed by atoms with Crippen molar-refractivity contribution in [1.29, 1.82) is 0 Å². The monoisotopic (exact) mass is 733 g/mol. The summed E-state index contributed by atoms with van der Waals surface area (Å²) in [6.45, 7) is 15.8. The van der Waals surface area contributed by atoms with Gasteiger partial charge in [0.1, 0.15) is 11.8 Å². The van der Waals surface area contributed by atoms with Crippen molar-refractivity contribution in [2.75, 3.05) is 19.9 Å². The summed E-state index contributed by atoms with van der Waals surface area (Å²) in [6.07, 6.45) is -1.28. The highest BCUT2D eigenvalue weighted by Crippen LogP contribution is 2.47. The van der Waals surface area contributed by atoms with Crippen LogP contribution in [-0.4, -0.2) is 77.4 Å². The average Bonchev–Trinajstić information content (AvgIpc) is 3.19. The molecule has 0 bridgehead atoms. The van der Waals surface area contributed by atoms with Crippen LogP contribution in [0.3, 0.4) is 0 Å². The molecule has 0 aliphatic carbocycles. The smallest absolute Gasteiger partial charge is 0.340 e. The minimum Gasteiger partial charge on any atom is -0.462 e. The number of H-pyrrole nitrogens is 1. The summed E-state index contributed by atoms with van der Waals surface area (Å²) in [5.41, 5.74) is -3.37. The largest absolute Gasteiger partial charge is 0.462 e. The van der Waals surface area contributed by atoms with E-state index in [2.05, 4.69) is 20.5 Å². The van der Waals surface area contributed by atoms with E-state index in [-0.39, 0.29) is 24.7 Å². The molecule has 4 N–H and O–H groups in total. The Morgan fingerprint density at radius 1 is 1.02 bits per heavy atom. The summed E-state index contributed by atoms with van der Waals surface area (Å²) in [5, 5.41) is 8.08. The highest BCUT2D eigenvalue weighted by Gasteiger charge is 2.53. The van der Waals surface area contributed by atoms with Gasteiger partial charge >= 0.3 is 19.2 Å². The van der Waals surface area contributed by atoms with E-state index in [1.165, 1.54) is 27.2 Å². The van der Waals surface area contributed by atoms with Crippen molar-refractivity contribution in [3.05, 3.63) is 63.4 Å². The molecule has 1 aromatic carbocycles. The van der Waals surface area contributed by atoms with Gasteiger partial charge in [0.15, 0.2) is 11.9 Å². The molecule has 1 aromatic heterocycles. The van der Waals surface area contributed by atoms with Crippen LogP contribution in [0.5, 0.6) is 5.75 Å². The molecule has 18 heteroatoms. The van der Waals surface area contributed by atoms with Gasteiger partial charge in [-0.25, -0.2) is 14.3 Å². The molecule has 49 heavy (non-hydrogen) atoms. The molecular weight excluding hydrogens is 683 g/mol. The maximum absolute atomic E-state index is 15.4. The zero-order valence-electron chi connectivity index (χ0n) is 29.6. The Hall–Kier alpha value is -3.13. The second kappa shape index (κ2) is 17.7. The Kier molecular flexibility index (Phi) is 15.2. The molecule has 15 nitrogen and oxygen atoms in total. The molecule has 1 amide bonds. The van der Waals surface area contributed by atoms with E-state index in [1.807, 2.05) is 19.9 Å². The molecule has 2 aromatic rings. The van der Waals surface area contributed by atoms with E-state index in [1.54, 1.807) is 52.0 Å². The molecule has 276 valence electrons. The van der Waals surface area contributed by atoms with Crippen LogP contribution in [0, 0.1) is 5.92 Å². The number of nitrogens with one attached hydrogen (secondary N) is 4. The van der Waals surface area contributed by atoms with Crippen LogP contribution < -0.4 is 31.3 Å². The third-order valence-corrected chi connectivity index (χ3v) is 9.95. The predicted molar refractivity (Wildman–Crippen MR) is 184 cm³/mol. The quantitative estimate of drug-likeness (QED) is 0.161. The Morgan fingerprint density at radius 3 is 2.18 bits per heavy atom. The molecule has 1 saturated heterocycles. The number of amides is 1. The number of hydrogen-bond donors (Lipinski definition) is 4. The summed E-state index contributed by atoms with van der Waals surface area (Å²) in [5.74, 6) is -1.16. The number of nitrogens with zero attached hydrogens (tertiary/aromatic N) is 1. The number of benzene rings is 1. The van der Waals surface area contributed by atoms with E-state index >= 15 is 4.39 Å². The number of alkyl halides is 1. The van der Waals surface area contributed by atoms with Crippen LogP contribution in [0.1, 0.15) is 61.6 Å². The van der Waals surface area contributed by atoms with Crippen molar-refractivity contribution in [3.8, 4) is 5.75 Å². The lowest BCUT2D eigenvalue weighted by Gasteiger charge is -2.25. The number of aromatic nitrogens is 2. The second-order valence-electron chi connectivity index (χ2n) is 12.7. The topological polar surface area (TPSA) is 196 Å². The zero-order valence-corrected chi connectivity index (χ0v) is 31.4. The van der Waals surface area contributed by atoms with Crippen molar-refractivity contribution in [2.45, 2.75) is 97.6 Å². The molecule has 8 atom stereocenters. The van der Waals surface area contributed by atoms with Gasteiger partial charge in [0.05, 0.1) is 24.9 Å². The second-order valence-corrected chi connectivity index (χ2v) is 17.0. The maximum atomic E-state index is 15.4. The minimum absolute atomic E-state index is 0.173. The zero-order chi connectivity index (χ0) is 37.3. The van der Waals surface area contributed by atoms with Crippen LogP contribution in [0.15, 0.2) is 52.2 Å². The van der Waals surface area contributed by atoms with Gasteiger partial charge in [-0.15, -0.1) is 0 Å². The Balaban J connectivity index is 0.000000377. The van der Waals surface area contributed by atoms with Crippen molar-refractivity contribution in [2.24, 2.45) is 5.92 Å².